The SMILES string of the molecule is CCCCCCCCCCCCCCCCCCCC(Cl)CC(Cl)C(c1ccccc1)c1ccc(Cl)cc1O. The Hall–Kier alpha value is -0.890. The molecular weight excluding hydrogens is 543 g/mol. The van der Waals surface area contributed by atoms with E-state index in [2.05, 4.69) is 19.1 Å². The van der Waals surface area contributed by atoms with E-state index < -0.39 is 0 Å². The molecule has 220 valence electrons. The topological polar surface area (TPSA) is 20.2 Å². The van der Waals surface area contributed by atoms with Crippen molar-refractivity contribution in [2.45, 2.75) is 146 Å². The van der Waals surface area contributed by atoms with Crippen LogP contribution in [0.5, 0.6) is 5.75 Å². The molecule has 0 aliphatic heterocycles. The molecule has 0 bridgehead atoms. The Morgan fingerprint density at radius 2 is 1.13 bits per heavy atom. The van der Waals surface area contributed by atoms with E-state index >= 15 is 0 Å². The summed E-state index contributed by atoms with van der Waals surface area (Å²) in [7, 11) is 0. The van der Waals surface area contributed by atoms with Gasteiger partial charge in [0.25, 0.3) is 0 Å². The zero-order valence-corrected chi connectivity index (χ0v) is 26.6. The van der Waals surface area contributed by atoms with Crippen LogP contribution in [0.2, 0.25) is 5.02 Å². The summed E-state index contributed by atoms with van der Waals surface area (Å²) in [5.41, 5.74) is 1.88. The second kappa shape index (κ2) is 21.8. The maximum atomic E-state index is 10.6. The van der Waals surface area contributed by atoms with E-state index in [0.717, 1.165) is 24.0 Å². The van der Waals surface area contributed by atoms with E-state index in [9.17, 15) is 5.11 Å². The van der Waals surface area contributed by atoms with Gasteiger partial charge in [0.05, 0.1) is 0 Å². The fourth-order valence-corrected chi connectivity index (χ4v) is 6.71. The number of phenols is 1. The summed E-state index contributed by atoms with van der Waals surface area (Å²) >= 11 is 19.8. The molecule has 0 aliphatic carbocycles. The van der Waals surface area contributed by atoms with Crippen molar-refractivity contribution in [2.75, 3.05) is 0 Å². The second-order valence-electron chi connectivity index (χ2n) is 11.4. The predicted octanol–water partition coefficient (Wildman–Crippen LogP) is 12.8. The van der Waals surface area contributed by atoms with Crippen molar-refractivity contribution < 1.29 is 5.11 Å². The van der Waals surface area contributed by atoms with Crippen molar-refractivity contribution in [2.24, 2.45) is 0 Å². The molecule has 0 aliphatic rings. The largest absolute Gasteiger partial charge is 0.508 e. The Kier molecular flexibility index (Phi) is 19.2. The molecule has 4 heteroatoms. The quantitative estimate of drug-likeness (QED) is 0.100. The van der Waals surface area contributed by atoms with Crippen LogP contribution in [-0.2, 0) is 0 Å². The normalized spacial score (nSPS) is 13.8. The zero-order valence-electron chi connectivity index (χ0n) is 24.4. The lowest BCUT2D eigenvalue weighted by Gasteiger charge is -2.26. The van der Waals surface area contributed by atoms with E-state index in [1.165, 1.54) is 103 Å². The molecule has 0 heterocycles. The highest BCUT2D eigenvalue weighted by Crippen LogP contribution is 2.39. The summed E-state index contributed by atoms with van der Waals surface area (Å²) in [5.74, 6) is 0.0447. The average Bonchev–Trinajstić information content (AvgIpc) is 2.92. The van der Waals surface area contributed by atoms with Crippen LogP contribution in [0.3, 0.4) is 0 Å². The summed E-state index contributed by atoms with van der Waals surface area (Å²) in [6.07, 6.45) is 25.1. The molecule has 0 saturated heterocycles. The molecule has 39 heavy (non-hydrogen) atoms. The maximum absolute atomic E-state index is 10.6. The number of alkyl halides is 2. The number of benzene rings is 2. The van der Waals surface area contributed by atoms with Crippen LogP contribution in [0.15, 0.2) is 48.5 Å². The molecule has 1 nitrogen and oxygen atoms in total. The number of phenolic OH excluding ortho intramolecular Hbond substituents is 1. The molecule has 0 aromatic heterocycles. The predicted molar refractivity (Wildman–Crippen MR) is 174 cm³/mol. The molecular formula is C35H53Cl3O. The Balaban J connectivity index is 1.55. The molecule has 1 N–H and O–H groups in total. The first-order valence-electron chi connectivity index (χ1n) is 15.8. The van der Waals surface area contributed by atoms with Gasteiger partial charge in [-0.3, -0.25) is 0 Å². The van der Waals surface area contributed by atoms with E-state index in [-0.39, 0.29) is 22.4 Å². The van der Waals surface area contributed by atoms with Gasteiger partial charge in [-0.25, -0.2) is 0 Å². The molecule has 3 unspecified atom stereocenters. The molecule has 2 aromatic carbocycles. The summed E-state index contributed by atoms with van der Waals surface area (Å²) < 4.78 is 0. The van der Waals surface area contributed by atoms with Gasteiger partial charge < -0.3 is 5.11 Å². The fraction of sp³-hybridized carbons (Fsp3) is 0.657. The number of rotatable bonds is 23. The first kappa shape index (κ1) is 34.3. The summed E-state index contributed by atoms with van der Waals surface area (Å²) in [4.78, 5) is 0. The van der Waals surface area contributed by atoms with Crippen molar-refractivity contribution in [3.8, 4) is 5.75 Å². The fourth-order valence-electron chi connectivity index (χ4n) is 5.61. The third-order valence-corrected chi connectivity index (χ3v) is 9.01. The van der Waals surface area contributed by atoms with Gasteiger partial charge in [-0.05, 0) is 30.5 Å². The third-order valence-electron chi connectivity index (χ3n) is 7.95. The van der Waals surface area contributed by atoms with Crippen molar-refractivity contribution in [3.05, 3.63) is 64.7 Å². The Morgan fingerprint density at radius 3 is 1.62 bits per heavy atom. The van der Waals surface area contributed by atoms with Gasteiger partial charge in [0, 0.05) is 27.3 Å². The number of unbranched alkanes of at least 4 members (excludes halogenated alkanes) is 16. The number of hydrogen-bond acceptors (Lipinski definition) is 1. The van der Waals surface area contributed by atoms with Crippen LogP contribution in [-0.4, -0.2) is 15.9 Å². The summed E-state index contributed by atoms with van der Waals surface area (Å²) in [6.45, 7) is 2.29. The Morgan fingerprint density at radius 1 is 0.641 bits per heavy atom. The number of aromatic hydroxyl groups is 1. The van der Waals surface area contributed by atoms with Crippen LogP contribution in [0.1, 0.15) is 146 Å². The monoisotopic (exact) mass is 594 g/mol. The molecule has 0 saturated carbocycles. The Bertz CT molecular complexity index is 856. The average molecular weight is 596 g/mol. The number of halogens is 3. The van der Waals surface area contributed by atoms with Crippen molar-refractivity contribution >= 4 is 34.8 Å². The van der Waals surface area contributed by atoms with Gasteiger partial charge in [0.15, 0.2) is 0 Å². The van der Waals surface area contributed by atoms with Crippen LogP contribution in [0, 0.1) is 0 Å². The number of hydrogen-bond donors (Lipinski definition) is 1. The molecule has 3 atom stereocenters. The molecule has 0 amide bonds. The minimum Gasteiger partial charge on any atom is -0.508 e. The van der Waals surface area contributed by atoms with Gasteiger partial charge in [-0.15, -0.1) is 23.2 Å². The molecule has 2 aromatic rings. The van der Waals surface area contributed by atoms with Crippen molar-refractivity contribution in [1.82, 2.24) is 0 Å². The van der Waals surface area contributed by atoms with Crippen LogP contribution in [0.25, 0.3) is 0 Å². The lowest BCUT2D eigenvalue weighted by Crippen LogP contribution is -2.19. The van der Waals surface area contributed by atoms with Gasteiger partial charge in [-0.2, -0.15) is 0 Å². The highest BCUT2D eigenvalue weighted by molar-refractivity contribution is 6.30. The lowest BCUT2D eigenvalue weighted by molar-refractivity contribution is 0.461. The molecule has 0 fully saturated rings. The van der Waals surface area contributed by atoms with E-state index in [0.29, 0.717) is 11.4 Å². The van der Waals surface area contributed by atoms with Gasteiger partial charge in [-0.1, -0.05) is 164 Å². The Labute approximate surface area is 255 Å². The highest BCUT2D eigenvalue weighted by atomic mass is 35.5. The first-order chi connectivity index (χ1) is 19.0. The third kappa shape index (κ3) is 15.1. The molecule has 0 spiro atoms. The summed E-state index contributed by atoms with van der Waals surface area (Å²) in [5, 5.41) is 10.9. The van der Waals surface area contributed by atoms with Crippen molar-refractivity contribution in [3.63, 3.8) is 0 Å². The standard InChI is InChI=1S/C35H53Cl3O/c1-2-3-4-5-6-7-8-9-10-11-12-13-14-15-16-17-21-24-30(36)27-33(38)35(29-22-19-18-20-23-29)32-26-25-31(37)28-34(32)39/h18-20,22-23,25-26,28,30,33,35,39H,2-17,21,24,27H2,1H3. The van der Waals surface area contributed by atoms with Crippen LogP contribution >= 0.6 is 34.8 Å². The molecule has 0 radical (unpaired) electrons. The highest BCUT2D eigenvalue weighted by Gasteiger charge is 2.27. The van der Waals surface area contributed by atoms with Gasteiger partial charge >= 0.3 is 0 Å². The van der Waals surface area contributed by atoms with Crippen molar-refractivity contribution in [1.29, 1.82) is 0 Å². The first-order valence-corrected chi connectivity index (χ1v) is 17.1. The molecule has 2 rings (SSSR count). The van der Waals surface area contributed by atoms with Crippen LogP contribution < -0.4 is 0 Å². The lowest BCUT2D eigenvalue weighted by atomic mass is 9.85. The maximum Gasteiger partial charge on any atom is 0.120 e. The minimum absolute atomic E-state index is 0.0319. The minimum atomic E-state index is -0.215. The van der Waals surface area contributed by atoms with E-state index in [4.69, 9.17) is 34.8 Å². The van der Waals surface area contributed by atoms with Gasteiger partial charge in [0.2, 0.25) is 0 Å². The zero-order chi connectivity index (χ0) is 28.1. The van der Waals surface area contributed by atoms with E-state index in [1.807, 2.05) is 30.3 Å². The van der Waals surface area contributed by atoms with Gasteiger partial charge in [0.1, 0.15) is 5.75 Å². The van der Waals surface area contributed by atoms with Crippen LogP contribution in [0.4, 0.5) is 0 Å². The van der Waals surface area contributed by atoms with E-state index in [1.54, 1.807) is 6.07 Å². The second-order valence-corrected chi connectivity index (χ2v) is 13.0. The summed E-state index contributed by atoms with van der Waals surface area (Å²) in [6, 6.07) is 15.4. The smallest absolute Gasteiger partial charge is 0.120 e.